The largest absolute Gasteiger partial charge is 0.287 e. The number of rotatable bonds is 5. The lowest BCUT2D eigenvalue weighted by Gasteiger charge is -2.01. The molecule has 0 bridgehead atoms. The summed E-state index contributed by atoms with van der Waals surface area (Å²) in [6.07, 6.45) is 4.39. The number of nitrogens with zero attached hydrogens (tertiary/aromatic N) is 4. The standard InChI is InChI=1S/C12H16N4OS/c1-4-5-16-7-9(6-13-16)11(17)12-10(8(2)3)14-15-18-12/h6-8H,4-5H2,1-3H3. The van der Waals surface area contributed by atoms with Gasteiger partial charge in [-0.05, 0) is 23.9 Å². The number of hydrogen-bond acceptors (Lipinski definition) is 5. The molecule has 2 aromatic rings. The maximum atomic E-state index is 12.3. The van der Waals surface area contributed by atoms with Crippen LogP contribution < -0.4 is 0 Å². The molecule has 0 spiro atoms. The fourth-order valence-corrected chi connectivity index (χ4v) is 2.48. The molecule has 5 nitrogen and oxygen atoms in total. The Morgan fingerprint density at radius 2 is 2.28 bits per heavy atom. The summed E-state index contributed by atoms with van der Waals surface area (Å²) < 4.78 is 5.67. The Labute approximate surface area is 110 Å². The van der Waals surface area contributed by atoms with Gasteiger partial charge in [0, 0.05) is 12.7 Å². The molecule has 0 aromatic carbocycles. The first kappa shape index (κ1) is 12.9. The number of aromatic nitrogens is 4. The first-order chi connectivity index (χ1) is 8.63. The normalized spacial score (nSPS) is 11.1. The van der Waals surface area contributed by atoms with E-state index in [1.54, 1.807) is 17.1 Å². The van der Waals surface area contributed by atoms with Crippen LogP contribution in [0.25, 0.3) is 0 Å². The van der Waals surface area contributed by atoms with Gasteiger partial charge >= 0.3 is 0 Å². The topological polar surface area (TPSA) is 60.7 Å². The number of aryl methyl sites for hydroxylation is 1. The minimum absolute atomic E-state index is 0.0314. The summed E-state index contributed by atoms with van der Waals surface area (Å²) >= 11 is 1.16. The summed E-state index contributed by atoms with van der Waals surface area (Å²) in [7, 11) is 0. The van der Waals surface area contributed by atoms with Crippen LogP contribution in [0.5, 0.6) is 0 Å². The van der Waals surface area contributed by atoms with Crippen molar-refractivity contribution in [1.82, 2.24) is 19.4 Å². The molecule has 0 unspecified atom stereocenters. The molecular weight excluding hydrogens is 248 g/mol. The SMILES string of the molecule is CCCn1cc(C(=O)c2snnc2C(C)C)cn1. The van der Waals surface area contributed by atoms with Gasteiger partial charge in [-0.25, -0.2) is 0 Å². The lowest BCUT2D eigenvalue weighted by Crippen LogP contribution is -2.03. The van der Waals surface area contributed by atoms with E-state index in [-0.39, 0.29) is 11.7 Å². The van der Waals surface area contributed by atoms with Gasteiger partial charge in [0.25, 0.3) is 0 Å². The highest BCUT2D eigenvalue weighted by Gasteiger charge is 2.21. The van der Waals surface area contributed by atoms with Crippen LogP contribution in [0.1, 0.15) is 54.0 Å². The van der Waals surface area contributed by atoms with E-state index in [0.717, 1.165) is 30.2 Å². The maximum Gasteiger partial charge on any atom is 0.209 e. The third kappa shape index (κ3) is 2.48. The van der Waals surface area contributed by atoms with Crippen molar-refractivity contribution in [2.24, 2.45) is 0 Å². The van der Waals surface area contributed by atoms with Gasteiger partial charge in [-0.2, -0.15) is 5.10 Å². The number of ketones is 1. The third-order valence-corrected chi connectivity index (χ3v) is 3.35. The third-order valence-electron chi connectivity index (χ3n) is 2.61. The molecule has 0 saturated heterocycles. The highest BCUT2D eigenvalue weighted by molar-refractivity contribution is 7.08. The van der Waals surface area contributed by atoms with Crippen molar-refractivity contribution in [1.29, 1.82) is 0 Å². The molecule has 0 aliphatic rings. The first-order valence-electron chi connectivity index (χ1n) is 6.02. The summed E-state index contributed by atoms with van der Waals surface area (Å²) in [6, 6.07) is 0. The first-order valence-corrected chi connectivity index (χ1v) is 6.80. The van der Waals surface area contributed by atoms with E-state index < -0.39 is 0 Å². The zero-order valence-corrected chi connectivity index (χ0v) is 11.6. The van der Waals surface area contributed by atoms with E-state index in [9.17, 15) is 4.79 Å². The summed E-state index contributed by atoms with van der Waals surface area (Å²) in [5.41, 5.74) is 1.38. The molecule has 0 N–H and O–H groups in total. The molecule has 0 aliphatic carbocycles. The smallest absolute Gasteiger partial charge is 0.209 e. The Kier molecular flexibility index (Phi) is 3.86. The van der Waals surface area contributed by atoms with E-state index in [0.29, 0.717) is 10.4 Å². The summed E-state index contributed by atoms with van der Waals surface area (Å²) in [4.78, 5) is 13.0. The molecule has 0 fully saturated rings. The molecule has 0 saturated carbocycles. The van der Waals surface area contributed by atoms with Gasteiger partial charge in [0.2, 0.25) is 5.78 Å². The van der Waals surface area contributed by atoms with Crippen LogP contribution in [0.4, 0.5) is 0 Å². The predicted molar refractivity (Wildman–Crippen MR) is 69.9 cm³/mol. The van der Waals surface area contributed by atoms with Gasteiger partial charge in [0.1, 0.15) is 4.88 Å². The van der Waals surface area contributed by atoms with Gasteiger partial charge in [-0.3, -0.25) is 9.48 Å². The molecule has 2 aromatic heterocycles. The second-order valence-electron chi connectivity index (χ2n) is 4.46. The number of hydrogen-bond donors (Lipinski definition) is 0. The van der Waals surface area contributed by atoms with Crippen molar-refractivity contribution >= 4 is 17.3 Å². The summed E-state index contributed by atoms with van der Waals surface area (Å²) in [6.45, 7) is 6.92. The van der Waals surface area contributed by atoms with Crippen LogP contribution in [-0.4, -0.2) is 25.2 Å². The van der Waals surface area contributed by atoms with Crippen molar-refractivity contribution in [2.45, 2.75) is 39.7 Å². The van der Waals surface area contributed by atoms with E-state index >= 15 is 0 Å². The summed E-state index contributed by atoms with van der Waals surface area (Å²) in [5, 5.41) is 8.20. The molecule has 96 valence electrons. The van der Waals surface area contributed by atoms with Crippen LogP contribution in [-0.2, 0) is 6.54 Å². The minimum Gasteiger partial charge on any atom is -0.287 e. The molecule has 18 heavy (non-hydrogen) atoms. The quantitative estimate of drug-likeness (QED) is 0.778. The highest BCUT2D eigenvalue weighted by atomic mass is 32.1. The van der Waals surface area contributed by atoms with Gasteiger partial charge < -0.3 is 0 Å². The Morgan fingerprint density at radius 3 is 2.94 bits per heavy atom. The van der Waals surface area contributed by atoms with Crippen LogP contribution in [0.15, 0.2) is 12.4 Å². The van der Waals surface area contributed by atoms with Crippen molar-refractivity contribution in [2.75, 3.05) is 0 Å². The fourth-order valence-electron chi connectivity index (χ4n) is 1.70. The lowest BCUT2D eigenvalue weighted by atomic mass is 10.1. The molecule has 0 amide bonds. The highest BCUT2D eigenvalue weighted by Crippen LogP contribution is 2.22. The number of carbonyl (C=O) groups is 1. The minimum atomic E-state index is -0.0314. The van der Waals surface area contributed by atoms with E-state index in [1.807, 2.05) is 13.8 Å². The van der Waals surface area contributed by atoms with E-state index in [4.69, 9.17) is 0 Å². The lowest BCUT2D eigenvalue weighted by molar-refractivity contribution is 0.104. The monoisotopic (exact) mass is 264 g/mol. The fraction of sp³-hybridized carbons (Fsp3) is 0.500. The molecular formula is C12H16N4OS. The average molecular weight is 264 g/mol. The van der Waals surface area contributed by atoms with Crippen molar-refractivity contribution < 1.29 is 4.79 Å². The second-order valence-corrected chi connectivity index (χ2v) is 5.22. The zero-order chi connectivity index (χ0) is 13.1. The van der Waals surface area contributed by atoms with Crippen LogP contribution in [0.2, 0.25) is 0 Å². The Balaban J connectivity index is 2.27. The molecule has 2 rings (SSSR count). The molecule has 0 atom stereocenters. The Hall–Kier alpha value is -1.56. The van der Waals surface area contributed by atoms with Gasteiger partial charge in [-0.1, -0.05) is 25.3 Å². The number of carbonyl (C=O) groups excluding carboxylic acids is 1. The molecule has 0 radical (unpaired) electrons. The molecule has 6 heteroatoms. The Morgan fingerprint density at radius 1 is 1.50 bits per heavy atom. The van der Waals surface area contributed by atoms with Crippen LogP contribution >= 0.6 is 11.5 Å². The Bertz CT molecular complexity index is 544. The van der Waals surface area contributed by atoms with Crippen molar-refractivity contribution in [3.8, 4) is 0 Å². The average Bonchev–Trinajstić information content (AvgIpc) is 2.96. The van der Waals surface area contributed by atoms with E-state index in [1.165, 1.54) is 0 Å². The molecule has 2 heterocycles. The molecule has 0 aliphatic heterocycles. The zero-order valence-electron chi connectivity index (χ0n) is 10.8. The second kappa shape index (κ2) is 5.39. The van der Waals surface area contributed by atoms with Crippen LogP contribution in [0, 0.1) is 0 Å². The van der Waals surface area contributed by atoms with Gasteiger partial charge in [-0.15, -0.1) is 5.10 Å². The summed E-state index contributed by atoms with van der Waals surface area (Å²) in [5.74, 6) is 0.171. The van der Waals surface area contributed by atoms with Crippen molar-refractivity contribution in [3.05, 3.63) is 28.5 Å². The van der Waals surface area contributed by atoms with E-state index in [2.05, 4.69) is 21.6 Å². The van der Waals surface area contributed by atoms with Crippen molar-refractivity contribution in [3.63, 3.8) is 0 Å². The van der Waals surface area contributed by atoms with Gasteiger partial charge in [0.05, 0.1) is 17.5 Å². The van der Waals surface area contributed by atoms with Crippen LogP contribution in [0.3, 0.4) is 0 Å². The van der Waals surface area contributed by atoms with Gasteiger partial charge in [0.15, 0.2) is 0 Å². The maximum absolute atomic E-state index is 12.3. The predicted octanol–water partition coefficient (Wildman–Crippen LogP) is 2.50.